The van der Waals surface area contributed by atoms with Gasteiger partial charge in [-0.25, -0.2) is 0 Å². The van der Waals surface area contributed by atoms with Crippen LogP contribution in [-0.2, 0) is 4.79 Å². The molecule has 3 nitrogen and oxygen atoms in total. The number of ketones is 2. The molecule has 2 rings (SSSR count). The molecule has 0 fully saturated rings. The van der Waals surface area contributed by atoms with Gasteiger partial charge in [-0.2, -0.15) is 0 Å². The Bertz CT molecular complexity index is 489. The molecule has 4 heteroatoms. The molecule has 0 aromatic heterocycles. The molecule has 1 aromatic carbocycles. The fourth-order valence-corrected chi connectivity index (χ4v) is 1.80. The van der Waals surface area contributed by atoms with Gasteiger partial charge in [0.25, 0.3) is 0 Å². The largest absolute Gasteiger partial charge is 0.495 e. The maximum atomic E-state index is 11.6. The zero-order valence-corrected chi connectivity index (χ0v) is 8.67. The van der Waals surface area contributed by atoms with Gasteiger partial charge in [-0.05, 0) is 17.7 Å². The van der Waals surface area contributed by atoms with Crippen molar-refractivity contribution in [1.82, 2.24) is 0 Å². The summed E-state index contributed by atoms with van der Waals surface area (Å²) in [5.74, 6) is -0.749. The van der Waals surface area contributed by atoms with Crippen LogP contribution in [0.5, 0.6) is 5.75 Å². The summed E-state index contributed by atoms with van der Waals surface area (Å²) in [5.41, 5.74) is 0.869. The highest BCUT2D eigenvalue weighted by Gasteiger charge is 2.25. The Kier molecular flexibility index (Phi) is 2.32. The van der Waals surface area contributed by atoms with Crippen molar-refractivity contribution in [3.05, 3.63) is 34.4 Å². The maximum absolute atomic E-state index is 11.6. The van der Waals surface area contributed by atoms with E-state index in [1.807, 2.05) is 0 Å². The number of carbonyl (C=O) groups is 2. The number of rotatable bonds is 1. The van der Waals surface area contributed by atoms with Crippen LogP contribution in [0.1, 0.15) is 15.9 Å². The fraction of sp³-hybridized carbons (Fsp3) is 0.0909. The molecule has 0 unspecified atom stereocenters. The normalized spacial score (nSPS) is 14.0. The van der Waals surface area contributed by atoms with E-state index in [9.17, 15) is 9.59 Å². The van der Waals surface area contributed by atoms with Crippen LogP contribution in [-0.4, -0.2) is 18.7 Å². The number of carbonyl (C=O) groups excluding carboxylic acids is 2. The first kappa shape index (κ1) is 9.93. The van der Waals surface area contributed by atoms with Crippen LogP contribution >= 0.6 is 11.6 Å². The van der Waals surface area contributed by atoms with E-state index in [-0.39, 0.29) is 10.6 Å². The van der Waals surface area contributed by atoms with Crippen molar-refractivity contribution in [1.29, 1.82) is 0 Å². The van der Waals surface area contributed by atoms with E-state index >= 15 is 0 Å². The summed E-state index contributed by atoms with van der Waals surface area (Å²) in [6.45, 7) is 0. The van der Waals surface area contributed by atoms with Crippen molar-refractivity contribution in [2.24, 2.45) is 0 Å². The van der Waals surface area contributed by atoms with E-state index in [2.05, 4.69) is 0 Å². The molecule has 0 spiro atoms. The number of methoxy groups -OCH3 is 1. The highest BCUT2D eigenvalue weighted by Crippen LogP contribution is 2.33. The number of hydrogen-bond donors (Lipinski definition) is 0. The Morgan fingerprint density at radius 2 is 1.93 bits per heavy atom. The summed E-state index contributed by atoms with van der Waals surface area (Å²) in [6.07, 6.45) is 2.82. The van der Waals surface area contributed by atoms with Gasteiger partial charge in [0, 0.05) is 0 Å². The fourth-order valence-electron chi connectivity index (χ4n) is 1.46. The Morgan fingerprint density at radius 1 is 1.20 bits per heavy atom. The second kappa shape index (κ2) is 3.51. The summed E-state index contributed by atoms with van der Waals surface area (Å²) in [4.78, 5) is 22.7. The number of Topliss-reactive ketones (excluding diaryl/α,β-unsaturated/α-hetero) is 1. The molecular weight excluding hydrogens is 216 g/mol. The molecule has 0 N–H and O–H groups in total. The third kappa shape index (κ3) is 1.45. The number of fused-ring (bicyclic) bond motifs is 1. The number of benzene rings is 1. The topological polar surface area (TPSA) is 43.4 Å². The van der Waals surface area contributed by atoms with Crippen LogP contribution in [0.25, 0.3) is 6.08 Å². The average Bonchev–Trinajstić information content (AvgIpc) is 2.24. The second-order valence-electron chi connectivity index (χ2n) is 3.07. The van der Waals surface area contributed by atoms with Gasteiger partial charge < -0.3 is 4.74 Å². The Morgan fingerprint density at radius 3 is 2.60 bits per heavy atom. The van der Waals surface area contributed by atoms with Crippen LogP contribution in [0.2, 0.25) is 5.02 Å². The minimum absolute atomic E-state index is 0.192. The summed E-state index contributed by atoms with van der Waals surface area (Å²) in [6, 6.07) is 3.36. The molecule has 0 amide bonds. The smallest absolute Gasteiger partial charge is 0.235 e. The van der Waals surface area contributed by atoms with Crippen molar-refractivity contribution < 1.29 is 14.3 Å². The zero-order valence-electron chi connectivity index (χ0n) is 7.91. The number of allylic oxidation sites excluding steroid dienone is 1. The maximum Gasteiger partial charge on any atom is 0.235 e. The summed E-state index contributed by atoms with van der Waals surface area (Å²) in [7, 11) is 1.46. The summed E-state index contributed by atoms with van der Waals surface area (Å²) in [5, 5.41) is 0.192. The average molecular weight is 223 g/mol. The van der Waals surface area contributed by atoms with Crippen molar-refractivity contribution in [2.45, 2.75) is 0 Å². The van der Waals surface area contributed by atoms with Crippen LogP contribution < -0.4 is 4.74 Å². The molecule has 0 radical (unpaired) electrons. The van der Waals surface area contributed by atoms with Crippen molar-refractivity contribution in [2.75, 3.05) is 7.11 Å². The third-order valence-electron chi connectivity index (χ3n) is 2.22. The molecule has 0 aliphatic heterocycles. The number of ether oxygens (including phenoxy) is 1. The Balaban J connectivity index is 2.71. The molecule has 0 saturated carbocycles. The first-order chi connectivity index (χ1) is 7.15. The lowest BCUT2D eigenvalue weighted by Crippen LogP contribution is -2.17. The molecule has 76 valence electrons. The van der Waals surface area contributed by atoms with Gasteiger partial charge in [0.1, 0.15) is 5.75 Å². The van der Waals surface area contributed by atoms with Gasteiger partial charge >= 0.3 is 0 Å². The second-order valence-corrected chi connectivity index (χ2v) is 3.45. The van der Waals surface area contributed by atoms with E-state index in [0.717, 1.165) is 0 Å². The molecule has 1 aliphatic carbocycles. The lowest BCUT2D eigenvalue weighted by atomic mass is 9.95. The van der Waals surface area contributed by atoms with Gasteiger partial charge in [0.2, 0.25) is 11.6 Å². The van der Waals surface area contributed by atoms with Gasteiger partial charge in [-0.1, -0.05) is 23.7 Å². The molecule has 15 heavy (non-hydrogen) atoms. The van der Waals surface area contributed by atoms with Crippen LogP contribution in [0.4, 0.5) is 0 Å². The number of hydrogen-bond acceptors (Lipinski definition) is 3. The van der Waals surface area contributed by atoms with Gasteiger partial charge in [-0.3, -0.25) is 9.59 Å². The summed E-state index contributed by atoms with van der Waals surface area (Å²) >= 11 is 5.96. The number of halogens is 1. The standard InChI is InChI=1S/C11H7ClO3/c1-15-8-5-3-6-2-4-7(13)11(14)9(6)10(8)12/h2-5H,1H3. The van der Waals surface area contributed by atoms with Crippen molar-refractivity contribution in [3.63, 3.8) is 0 Å². The van der Waals surface area contributed by atoms with Crippen LogP contribution in [0, 0.1) is 0 Å². The third-order valence-corrected chi connectivity index (χ3v) is 2.60. The Hall–Kier alpha value is -1.61. The van der Waals surface area contributed by atoms with E-state index < -0.39 is 11.6 Å². The van der Waals surface area contributed by atoms with E-state index in [4.69, 9.17) is 16.3 Å². The SMILES string of the molecule is COc1ccc2c(c1Cl)C(=O)C(=O)C=C2. The van der Waals surface area contributed by atoms with E-state index in [1.54, 1.807) is 18.2 Å². The highest BCUT2D eigenvalue weighted by molar-refractivity contribution is 6.53. The molecule has 0 atom stereocenters. The Labute approximate surface area is 91.3 Å². The summed E-state index contributed by atoms with van der Waals surface area (Å²) < 4.78 is 4.98. The van der Waals surface area contributed by atoms with Gasteiger partial charge in [0.15, 0.2) is 0 Å². The van der Waals surface area contributed by atoms with Crippen LogP contribution in [0.15, 0.2) is 18.2 Å². The van der Waals surface area contributed by atoms with Crippen molar-refractivity contribution >= 4 is 29.2 Å². The van der Waals surface area contributed by atoms with Crippen molar-refractivity contribution in [3.8, 4) is 5.75 Å². The van der Waals surface area contributed by atoms with Gasteiger partial charge in [-0.15, -0.1) is 0 Å². The molecule has 0 saturated heterocycles. The molecule has 0 heterocycles. The van der Waals surface area contributed by atoms with E-state index in [1.165, 1.54) is 13.2 Å². The molecular formula is C11H7ClO3. The van der Waals surface area contributed by atoms with Gasteiger partial charge in [0.05, 0.1) is 17.7 Å². The molecule has 1 aromatic rings. The first-order valence-electron chi connectivity index (χ1n) is 4.28. The first-order valence-corrected chi connectivity index (χ1v) is 4.66. The zero-order chi connectivity index (χ0) is 11.0. The lowest BCUT2D eigenvalue weighted by Gasteiger charge is -2.12. The van der Waals surface area contributed by atoms with Crippen LogP contribution in [0.3, 0.4) is 0 Å². The predicted octanol–water partition coefficient (Wildman–Crippen LogP) is 2.13. The highest BCUT2D eigenvalue weighted by atomic mass is 35.5. The predicted molar refractivity (Wildman–Crippen MR) is 56.4 cm³/mol. The quantitative estimate of drug-likeness (QED) is 0.684. The van der Waals surface area contributed by atoms with E-state index in [0.29, 0.717) is 11.3 Å². The monoisotopic (exact) mass is 222 g/mol. The molecule has 0 bridgehead atoms. The minimum atomic E-state index is -0.587. The molecule has 1 aliphatic rings. The lowest BCUT2D eigenvalue weighted by molar-refractivity contribution is -0.110. The minimum Gasteiger partial charge on any atom is -0.495 e.